The quantitative estimate of drug-likeness (QED) is 0.799. The molecule has 0 aromatic heterocycles. The molecule has 0 saturated carbocycles. The Morgan fingerprint density at radius 3 is 2.94 bits per heavy atom. The first kappa shape index (κ1) is 11.0. The molecule has 16 heavy (non-hydrogen) atoms. The van der Waals surface area contributed by atoms with Crippen molar-refractivity contribution in [2.24, 2.45) is 0 Å². The SMILES string of the molecule is CNc1ccc2c(c1)CCC(=O)N2CCO. The molecule has 0 fully saturated rings. The highest BCUT2D eigenvalue weighted by molar-refractivity contribution is 5.96. The third kappa shape index (κ3) is 1.88. The number of hydrogen-bond acceptors (Lipinski definition) is 3. The fourth-order valence-corrected chi connectivity index (χ4v) is 2.06. The molecular weight excluding hydrogens is 204 g/mol. The maximum Gasteiger partial charge on any atom is 0.227 e. The molecule has 4 heteroatoms. The molecule has 1 aromatic carbocycles. The fourth-order valence-electron chi connectivity index (χ4n) is 2.06. The van der Waals surface area contributed by atoms with Crippen LogP contribution in [0.2, 0.25) is 0 Å². The van der Waals surface area contributed by atoms with Gasteiger partial charge in [0.1, 0.15) is 0 Å². The summed E-state index contributed by atoms with van der Waals surface area (Å²) in [4.78, 5) is 13.4. The molecule has 1 aliphatic heterocycles. The Bertz CT molecular complexity index is 404. The third-order valence-electron chi connectivity index (χ3n) is 2.89. The summed E-state index contributed by atoms with van der Waals surface area (Å²) in [7, 11) is 1.88. The molecule has 0 unspecified atom stereocenters. The molecule has 4 nitrogen and oxygen atoms in total. The summed E-state index contributed by atoms with van der Waals surface area (Å²) in [5.41, 5.74) is 3.15. The smallest absolute Gasteiger partial charge is 0.227 e. The summed E-state index contributed by atoms with van der Waals surface area (Å²) >= 11 is 0. The monoisotopic (exact) mass is 220 g/mol. The number of β-amino-alcohol motifs (C(OH)–C–C–N with tert-alkyl or cyclic N) is 1. The van der Waals surface area contributed by atoms with E-state index < -0.39 is 0 Å². The van der Waals surface area contributed by atoms with Gasteiger partial charge in [0.25, 0.3) is 0 Å². The number of nitrogens with one attached hydrogen (secondary N) is 1. The lowest BCUT2D eigenvalue weighted by Gasteiger charge is -2.29. The van der Waals surface area contributed by atoms with Gasteiger partial charge in [-0.3, -0.25) is 4.79 Å². The van der Waals surface area contributed by atoms with Crippen LogP contribution in [0, 0.1) is 0 Å². The van der Waals surface area contributed by atoms with Gasteiger partial charge < -0.3 is 15.3 Å². The largest absolute Gasteiger partial charge is 0.395 e. The van der Waals surface area contributed by atoms with Gasteiger partial charge >= 0.3 is 0 Å². The van der Waals surface area contributed by atoms with Crippen LogP contribution < -0.4 is 10.2 Å². The van der Waals surface area contributed by atoms with Crippen molar-refractivity contribution < 1.29 is 9.90 Å². The Morgan fingerprint density at radius 1 is 1.44 bits per heavy atom. The number of benzene rings is 1. The van der Waals surface area contributed by atoms with Gasteiger partial charge in [0, 0.05) is 31.4 Å². The van der Waals surface area contributed by atoms with Crippen molar-refractivity contribution in [1.82, 2.24) is 0 Å². The van der Waals surface area contributed by atoms with Crippen LogP contribution in [0.1, 0.15) is 12.0 Å². The number of aliphatic hydroxyl groups is 1. The van der Waals surface area contributed by atoms with Crippen LogP contribution in [-0.4, -0.2) is 31.2 Å². The minimum atomic E-state index is -0.00103. The summed E-state index contributed by atoms with van der Waals surface area (Å²) in [6.45, 7) is 0.379. The van der Waals surface area contributed by atoms with Crippen molar-refractivity contribution in [3.63, 3.8) is 0 Å². The van der Waals surface area contributed by atoms with E-state index >= 15 is 0 Å². The second-order valence-electron chi connectivity index (χ2n) is 3.86. The highest BCUT2D eigenvalue weighted by atomic mass is 16.3. The van der Waals surface area contributed by atoms with Crippen LogP contribution in [0.15, 0.2) is 18.2 Å². The highest BCUT2D eigenvalue weighted by Gasteiger charge is 2.23. The first-order valence-corrected chi connectivity index (χ1v) is 5.48. The van der Waals surface area contributed by atoms with Crippen LogP contribution in [0.3, 0.4) is 0 Å². The predicted octanol–water partition coefficient (Wildman–Crippen LogP) is 1.000. The van der Waals surface area contributed by atoms with E-state index in [0.717, 1.165) is 17.8 Å². The Morgan fingerprint density at radius 2 is 2.25 bits per heavy atom. The van der Waals surface area contributed by atoms with E-state index in [0.29, 0.717) is 13.0 Å². The summed E-state index contributed by atoms with van der Waals surface area (Å²) in [6.07, 6.45) is 1.31. The lowest BCUT2D eigenvalue weighted by Crippen LogP contribution is -2.37. The second-order valence-corrected chi connectivity index (χ2v) is 3.86. The van der Waals surface area contributed by atoms with Gasteiger partial charge in [0.05, 0.1) is 6.61 Å². The van der Waals surface area contributed by atoms with Gasteiger partial charge in [-0.1, -0.05) is 0 Å². The maximum absolute atomic E-state index is 11.7. The third-order valence-corrected chi connectivity index (χ3v) is 2.89. The summed E-state index contributed by atoms with van der Waals surface area (Å²) in [5, 5.41) is 12.0. The van der Waals surface area contributed by atoms with Crippen LogP contribution in [-0.2, 0) is 11.2 Å². The molecule has 2 N–H and O–H groups in total. The number of carbonyl (C=O) groups excluding carboxylic acids is 1. The molecule has 0 saturated heterocycles. The minimum Gasteiger partial charge on any atom is -0.395 e. The zero-order valence-electron chi connectivity index (χ0n) is 9.36. The van der Waals surface area contributed by atoms with E-state index in [-0.39, 0.29) is 12.5 Å². The van der Waals surface area contributed by atoms with E-state index in [1.165, 1.54) is 5.56 Å². The van der Waals surface area contributed by atoms with Gasteiger partial charge in [0.2, 0.25) is 5.91 Å². The number of carbonyl (C=O) groups is 1. The van der Waals surface area contributed by atoms with Gasteiger partial charge in [-0.25, -0.2) is 0 Å². The molecule has 1 aromatic rings. The Hall–Kier alpha value is -1.55. The van der Waals surface area contributed by atoms with E-state index in [9.17, 15) is 4.79 Å². The predicted molar refractivity (Wildman–Crippen MR) is 63.7 cm³/mol. The number of aliphatic hydroxyl groups excluding tert-OH is 1. The molecule has 1 heterocycles. The average Bonchev–Trinajstić information content (AvgIpc) is 2.32. The standard InChI is InChI=1S/C12H16N2O2/c1-13-10-3-4-11-9(8-10)2-5-12(16)14(11)6-7-15/h3-4,8,13,15H,2,5-7H2,1H3. The Labute approximate surface area is 94.9 Å². The van der Waals surface area contributed by atoms with E-state index in [1.807, 2.05) is 19.2 Å². The topological polar surface area (TPSA) is 52.6 Å². The maximum atomic E-state index is 11.7. The number of anilines is 2. The number of fused-ring (bicyclic) bond motifs is 1. The number of nitrogens with zero attached hydrogens (tertiary/aromatic N) is 1. The molecule has 1 amide bonds. The van der Waals surface area contributed by atoms with Crippen LogP contribution >= 0.6 is 0 Å². The first-order valence-electron chi connectivity index (χ1n) is 5.48. The van der Waals surface area contributed by atoms with Gasteiger partial charge in [-0.15, -0.1) is 0 Å². The minimum absolute atomic E-state index is 0.00103. The van der Waals surface area contributed by atoms with Crippen LogP contribution in [0.4, 0.5) is 11.4 Å². The second kappa shape index (κ2) is 4.53. The van der Waals surface area contributed by atoms with Crippen molar-refractivity contribution in [2.75, 3.05) is 30.4 Å². The highest BCUT2D eigenvalue weighted by Crippen LogP contribution is 2.29. The molecule has 0 radical (unpaired) electrons. The van der Waals surface area contributed by atoms with E-state index in [1.54, 1.807) is 4.90 Å². The Balaban J connectivity index is 2.36. The molecule has 86 valence electrons. The molecular formula is C12H16N2O2. The van der Waals surface area contributed by atoms with E-state index in [2.05, 4.69) is 11.4 Å². The van der Waals surface area contributed by atoms with E-state index in [4.69, 9.17) is 5.11 Å². The number of amides is 1. The van der Waals surface area contributed by atoms with Crippen molar-refractivity contribution >= 4 is 17.3 Å². The Kier molecular flexibility index (Phi) is 3.10. The molecule has 0 bridgehead atoms. The summed E-state index contributed by atoms with van der Waals surface area (Å²) in [5.74, 6) is 0.0961. The van der Waals surface area contributed by atoms with Gasteiger partial charge in [-0.05, 0) is 30.2 Å². The first-order chi connectivity index (χ1) is 7.76. The zero-order chi connectivity index (χ0) is 11.5. The van der Waals surface area contributed by atoms with Crippen LogP contribution in [0.25, 0.3) is 0 Å². The normalized spacial score (nSPS) is 14.9. The zero-order valence-corrected chi connectivity index (χ0v) is 9.36. The summed E-state index contributed by atoms with van der Waals surface area (Å²) in [6, 6.07) is 5.95. The molecule has 0 spiro atoms. The fraction of sp³-hybridized carbons (Fsp3) is 0.417. The van der Waals surface area contributed by atoms with Gasteiger partial charge in [-0.2, -0.15) is 0 Å². The number of rotatable bonds is 3. The molecule has 0 atom stereocenters. The molecule has 1 aliphatic rings. The van der Waals surface area contributed by atoms with Crippen LogP contribution in [0.5, 0.6) is 0 Å². The summed E-state index contributed by atoms with van der Waals surface area (Å²) < 4.78 is 0. The van der Waals surface area contributed by atoms with Crippen molar-refractivity contribution in [3.05, 3.63) is 23.8 Å². The number of hydrogen-bond donors (Lipinski definition) is 2. The number of aryl methyl sites for hydroxylation is 1. The van der Waals surface area contributed by atoms with Crippen molar-refractivity contribution in [3.8, 4) is 0 Å². The van der Waals surface area contributed by atoms with Crippen molar-refractivity contribution in [1.29, 1.82) is 0 Å². The van der Waals surface area contributed by atoms with Gasteiger partial charge in [0.15, 0.2) is 0 Å². The lowest BCUT2D eigenvalue weighted by molar-refractivity contribution is -0.119. The molecule has 0 aliphatic carbocycles. The average molecular weight is 220 g/mol. The van der Waals surface area contributed by atoms with Crippen molar-refractivity contribution in [2.45, 2.75) is 12.8 Å². The lowest BCUT2D eigenvalue weighted by atomic mass is 10.0. The molecule has 2 rings (SSSR count).